The van der Waals surface area contributed by atoms with Crippen LogP contribution < -0.4 is 11.1 Å². The Kier molecular flexibility index (Phi) is 4.08. The molecule has 0 aliphatic heterocycles. The number of anilines is 1. The van der Waals surface area contributed by atoms with Crippen molar-refractivity contribution in [3.8, 4) is 0 Å². The molecule has 1 aromatic heterocycles. The molecular formula is C13H13BrFN3O2. The monoisotopic (exact) mass is 341 g/mol. The van der Waals surface area contributed by atoms with Gasteiger partial charge in [-0.15, -0.1) is 0 Å². The van der Waals surface area contributed by atoms with E-state index in [9.17, 15) is 9.18 Å². The van der Waals surface area contributed by atoms with Crippen LogP contribution in [-0.2, 0) is 6.54 Å². The third-order valence-corrected chi connectivity index (χ3v) is 3.46. The molecule has 2 aromatic rings. The minimum Gasteiger partial charge on any atom is -0.444 e. The highest BCUT2D eigenvalue weighted by Gasteiger charge is 2.14. The number of nitrogens with one attached hydrogen (secondary N) is 1. The maximum atomic E-state index is 13.2. The minimum atomic E-state index is -0.577. The smallest absolute Gasteiger partial charge is 0.252 e. The highest BCUT2D eigenvalue weighted by atomic mass is 79.9. The molecule has 3 N–H and O–H groups in total. The molecule has 2 rings (SSSR count). The van der Waals surface area contributed by atoms with Gasteiger partial charge in [0.1, 0.15) is 11.6 Å². The number of nitrogen functional groups attached to an aromatic ring is 1. The van der Waals surface area contributed by atoms with Crippen molar-refractivity contribution in [1.82, 2.24) is 10.3 Å². The summed E-state index contributed by atoms with van der Waals surface area (Å²) in [6.45, 7) is 3.77. The maximum absolute atomic E-state index is 13.2. The van der Waals surface area contributed by atoms with Gasteiger partial charge in [0.15, 0.2) is 0 Å². The predicted molar refractivity (Wildman–Crippen MR) is 75.7 cm³/mol. The number of carbonyl (C=O) groups is 1. The third-order valence-electron chi connectivity index (χ3n) is 2.80. The number of hydrogen-bond donors (Lipinski definition) is 2. The molecule has 0 bridgehead atoms. The van der Waals surface area contributed by atoms with E-state index in [0.717, 1.165) is 11.8 Å². The lowest BCUT2D eigenvalue weighted by molar-refractivity contribution is 0.0946. The Hall–Kier alpha value is -1.89. The van der Waals surface area contributed by atoms with E-state index in [1.54, 1.807) is 6.92 Å². The van der Waals surface area contributed by atoms with Crippen LogP contribution in [0.3, 0.4) is 0 Å². The van der Waals surface area contributed by atoms with Crippen LogP contribution in [-0.4, -0.2) is 10.9 Å². The second-order valence-electron chi connectivity index (χ2n) is 4.29. The molecule has 0 radical (unpaired) electrons. The van der Waals surface area contributed by atoms with Gasteiger partial charge in [0.25, 0.3) is 5.91 Å². The fourth-order valence-corrected chi connectivity index (χ4v) is 2.10. The van der Waals surface area contributed by atoms with Crippen LogP contribution in [0, 0.1) is 19.7 Å². The molecule has 1 aromatic carbocycles. The molecule has 1 heterocycles. The molecule has 1 amide bonds. The Morgan fingerprint density at radius 2 is 2.20 bits per heavy atom. The molecule has 0 saturated heterocycles. The third kappa shape index (κ3) is 2.98. The molecule has 0 aliphatic carbocycles. The second kappa shape index (κ2) is 5.62. The van der Waals surface area contributed by atoms with Crippen molar-refractivity contribution in [1.29, 1.82) is 0 Å². The molecule has 0 saturated carbocycles. The van der Waals surface area contributed by atoms with Gasteiger partial charge < -0.3 is 15.5 Å². The number of aromatic nitrogens is 1. The molecule has 5 nitrogen and oxygen atoms in total. The van der Waals surface area contributed by atoms with Crippen molar-refractivity contribution in [2.75, 3.05) is 5.73 Å². The summed E-state index contributed by atoms with van der Waals surface area (Å²) in [5.41, 5.74) is 6.40. The van der Waals surface area contributed by atoms with Gasteiger partial charge in [0.2, 0.25) is 5.89 Å². The molecule has 7 heteroatoms. The number of rotatable bonds is 3. The van der Waals surface area contributed by atoms with Crippen molar-refractivity contribution in [3.05, 3.63) is 45.3 Å². The van der Waals surface area contributed by atoms with E-state index in [-0.39, 0.29) is 17.8 Å². The highest BCUT2D eigenvalue weighted by molar-refractivity contribution is 9.10. The van der Waals surface area contributed by atoms with E-state index in [1.807, 2.05) is 6.92 Å². The Bertz CT molecular complexity index is 650. The van der Waals surface area contributed by atoms with Crippen LogP contribution >= 0.6 is 15.9 Å². The normalized spacial score (nSPS) is 10.6. The van der Waals surface area contributed by atoms with Gasteiger partial charge in [-0.05, 0) is 41.9 Å². The Labute approximate surface area is 123 Å². The topological polar surface area (TPSA) is 81.2 Å². The lowest BCUT2D eigenvalue weighted by Gasteiger charge is -2.07. The average molecular weight is 342 g/mol. The maximum Gasteiger partial charge on any atom is 0.252 e. The summed E-state index contributed by atoms with van der Waals surface area (Å²) in [7, 11) is 0. The number of carbonyl (C=O) groups excluding carboxylic acids is 1. The fourth-order valence-electron chi connectivity index (χ4n) is 1.61. The molecular weight excluding hydrogens is 329 g/mol. The molecule has 0 spiro atoms. The summed E-state index contributed by atoms with van der Waals surface area (Å²) in [5, 5.41) is 2.64. The van der Waals surface area contributed by atoms with Crippen LogP contribution in [0.2, 0.25) is 0 Å². The number of halogens is 2. The van der Waals surface area contributed by atoms with Crippen molar-refractivity contribution in [2.24, 2.45) is 0 Å². The van der Waals surface area contributed by atoms with Gasteiger partial charge >= 0.3 is 0 Å². The van der Waals surface area contributed by atoms with Gasteiger partial charge in [0.05, 0.1) is 23.5 Å². The summed E-state index contributed by atoms with van der Waals surface area (Å²) < 4.78 is 18.9. The predicted octanol–water partition coefficient (Wildman–Crippen LogP) is 2.71. The Morgan fingerprint density at radius 1 is 1.50 bits per heavy atom. The Morgan fingerprint density at radius 3 is 2.80 bits per heavy atom. The first-order valence-electron chi connectivity index (χ1n) is 5.84. The van der Waals surface area contributed by atoms with Crippen molar-refractivity contribution in [2.45, 2.75) is 20.4 Å². The van der Waals surface area contributed by atoms with E-state index in [4.69, 9.17) is 10.2 Å². The lowest BCUT2D eigenvalue weighted by Crippen LogP contribution is -2.23. The zero-order chi connectivity index (χ0) is 14.9. The zero-order valence-electron chi connectivity index (χ0n) is 11.0. The highest BCUT2D eigenvalue weighted by Crippen LogP contribution is 2.22. The summed E-state index contributed by atoms with van der Waals surface area (Å²) in [4.78, 5) is 16.2. The van der Waals surface area contributed by atoms with Crippen LogP contribution in [0.5, 0.6) is 0 Å². The zero-order valence-corrected chi connectivity index (χ0v) is 12.5. The van der Waals surface area contributed by atoms with E-state index in [1.165, 1.54) is 6.07 Å². The van der Waals surface area contributed by atoms with E-state index >= 15 is 0 Å². The number of nitrogens with two attached hydrogens (primary N) is 1. The number of nitrogens with zero attached hydrogens (tertiary/aromatic N) is 1. The van der Waals surface area contributed by atoms with Crippen LogP contribution in [0.15, 0.2) is 21.0 Å². The summed E-state index contributed by atoms with van der Waals surface area (Å²) in [6.07, 6.45) is 0. The molecule has 0 fully saturated rings. The Balaban J connectivity index is 2.11. The van der Waals surface area contributed by atoms with E-state index in [2.05, 4.69) is 26.2 Å². The first kappa shape index (κ1) is 14.5. The fraction of sp³-hybridized carbons (Fsp3) is 0.231. The number of oxazole rings is 1. The van der Waals surface area contributed by atoms with Crippen LogP contribution in [0.4, 0.5) is 10.1 Å². The summed E-state index contributed by atoms with van der Waals surface area (Å²) in [5.74, 6) is 0.158. The van der Waals surface area contributed by atoms with Crippen LogP contribution in [0.1, 0.15) is 27.7 Å². The number of benzene rings is 1. The van der Waals surface area contributed by atoms with Gasteiger partial charge in [-0.25, -0.2) is 9.37 Å². The largest absolute Gasteiger partial charge is 0.444 e. The van der Waals surface area contributed by atoms with Crippen molar-refractivity contribution in [3.63, 3.8) is 0 Å². The van der Waals surface area contributed by atoms with Gasteiger partial charge in [-0.1, -0.05) is 0 Å². The number of aryl methyl sites for hydroxylation is 2. The standard InChI is InChI=1S/C13H13BrFN3O2/c1-6-7(2)20-12(18-6)5-17-13(19)8-3-11(16)10(15)4-9(8)14/h3-4H,5,16H2,1-2H3,(H,17,19). The number of hydrogen-bond acceptors (Lipinski definition) is 4. The van der Waals surface area contributed by atoms with Gasteiger partial charge in [-0.3, -0.25) is 4.79 Å². The average Bonchev–Trinajstić information content (AvgIpc) is 2.70. The van der Waals surface area contributed by atoms with E-state index in [0.29, 0.717) is 16.1 Å². The molecule has 106 valence electrons. The quantitative estimate of drug-likeness (QED) is 0.841. The van der Waals surface area contributed by atoms with Crippen molar-refractivity contribution < 1.29 is 13.6 Å². The molecule has 20 heavy (non-hydrogen) atoms. The molecule has 0 atom stereocenters. The number of amides is 1. The van der Waals surface area contributed by atoms with Crippen molar-refractivity contribution >= 4 is 27.5 Å². The van der Waals surface area contributed by atoms with Crippen LogP contribution in [0.25, 0.3) is 0 Å². The van der Waals surface area contributed by atoms with Gasteiger partial charge in [-0.2, -0.15) is 0 Å². The summed E-state index contributed by atoms with van der Waals surface area (Å²) in [6, 6.07) is 2.44. The first-order valence-corrected chi connectivity index (χ1v) is 6.63. The van der Waals surface area contributed by atoms with Gasteiger partial charge in [0, 0.05) is 4.47 Å². The first-order chi connectivity index (χ1) is 9.38. The van der Waals surface area contributed by atoms with E-state index < -0.39 is 11.7 Å². The summed E-state index contributed by atoms with van der Waals surface area (Å²) >= 11 is 3.13. The molecule has 0 unspecified atom stereocenters. The lowest BCUT2D eigenvalue weighted by atomic mass is 10.2. The second-order valence-corrected chi connectivity index (χ2v) is 5.14. The molecule has 0 aliphatic rings. The SMILES string of the molecule is Cc1nc(CNC(=O)c2cc(N)c(F)cc2Br)oc1C. The minimum absolute atomic E-state index is 0.0823.